The maximum Gasteiger partial charge on any atom is 0.352 e. The molecule has 2 heterocycles. The van der Waals surface area contributed by atoms with Gasteiger partial charge in [-0.2, -0.15) is 0 Å². The van der Waals surface area contributed by atoms with Crippen LogP contribution in [-0.4, -0.2) is 42.1 Å². The van der Waals surface area contributed by atoms with E-state index in [2.05, 4.69) is 15.7 Å². The number of fused-ring (bicyclic) bond motifs is 3. The van der Waals surface area contributed by atoms with Crippen molar-refractivity contribution in [3.8, 4) is 0 Å². The van der Waals surface area contributed by atoms with Crippen LogP contribution < -0.4 is 21.9 Å². The summed E-state index contributed by atoms with van der Waals surface area (Å²) < 4.78 is 3.84. The van der Waals surface area contributed by atoms with Gasteiger partial charge in [-0.3, -0.25) is 19.0 Å². The van der Waals surface area contributed by atoms with E-state index in [1.807, 2.05) is 48.5 Å². The van der Waals surface area contributed by atoms with E-state index < -0.39 is 11.2 Å². The Morgan fingerprint density at radius 1 is 1.09 bits per heavy atom. The van der Waals surface area contributed by atoms with Crippen LogP contribution in [0.1, 0.15) is 65.2 Å². The van der Waals surface area contributed by atoms with E-state index in [0.29, 0.717) is 29.8 Å². The van der Waals surface area contributed by atoms with Crippen molar-refractivity contribution < 1.29 is 9.59 Å². The molecule has 0 bridgehead atoms. The van der Waals surface area contributed by atoms with Gasteiger partial charge < -0.3 is 10.6 Å². The number of rotatable bonds is 7. The fourth-order valence-corrected chi connectivity index (χ4v) is 3.69. The van der Waals surface area contributed by atoms with Crippen LogP contribution in [0.2, 0.25) is 0 Å². The Hall–Kier alpha value is -3.43. The predicted molar refractivity (Wildman–Crippen MR) is 131 cm³/mol. The number of carbonyl (C=O) groups is 2. The first-order chi connectivity index (χ1) is 15.8. The normalized spacial score (nSPS) is 12.1. The summed E-state index contributed by atoms with van der Waals surface area (Å²) >= 11 is 0. The molecule has 0 spiro atoms. The minimum absolute atomic E-state index is 0.0703. The highest BCUT2D eigenvalue weighted by Crippen LogP contribution is 2.15. The quantitative estimate of drug-likeness (QED) is 0.547. The Balaban J connectivity index is 2.25. The van der Waals surface area contributed by atoms with Crippen molar-refractivity contribution in [2.24, 2.45) is 5.92 Å². The molecule has 0 fully saturated rings. The molecule has 0 saturated heterocycles. The molecule has 0 saturated carbocycles. The van der Waals surface area contributed by atoms with Crippen LogP contribution in [-0.2, 0) is 17.9 Å². The third-order valence-electron chi connectivity index (χ3n) is 5.20. The van der Waals surface area contributed by atoms with Crippen LogP contribution in [0.15, 0.2) is 27.8 Å². The number of hydrogen-bond donors (Lipinski definition) is 2. The van der Waals surface area contributed by atoms with Crippen molar-refractivity contribution >= 4 is 28.5 Å². The van der Waals surface area contributed by atoms with Crippen LogP contribution in [0.25, 0.3) is 16.7 Å². The molecule has 3 rings (SSSR count). The highest BCUT2D eigenvalue weighted by molar-refractivity contribution is 5.98. The van der Waals surface area contributed by atoms with Gasteiger partial charge in [0.1, 0.15) is 6.54 Å². The first-order valence-electron chi connectivity index (χ1n) is 11.6. The summed E-state index contributed by atoms with van der Waals surface area (Å²) in [4.78, 5) is 51.8. The summed E-state index contributed by atoms with van der Waals surface area (Å²) in [5.74, 6) is -0.196. The fraction of sp³-hybridized carbons (Fsp3) is 0.542. The molecule has 2 N–H and O–H groups in total. The van der Waals surface area contributed by atoms with E-state index >= 15 is 0 Å². The number of benzene rings is 1. The number of nitrogens with one attached hydrogen (secondary N) is 2. The zero-order chi connectivity index (χ0) is 25.4. The zero-order valence-electron chi connectivity index (χ0n) is 20.9. The molecule has 0 radical (unpaired) electrons. The van der Waals surface area contributed by atoms with Crippen molar-refractivity contribution in [1.82, 2.24) is 29.4 Å². The van der Waals surface area contributed by atoms with Crippen LogP contribution in [0, 0.1) is 5.92 Å². The smallest absolute Gasteiger partial charge is 0.350 e. The predicted octanol–water partition coefficient (Wildman–Crippen LogP) is 1.91. The van der Waals surface area contributed by atoms with Gasteiger partial charge in [0.15, 0.2) is 0 Å². The second kappa shape index (κ2) is 9.44. The second-order valence-corrected chi connectivity index (χ2v) is 10.4. The van der Waals surface area contributed by atoms with E-state index in [1.165, 1.54) is 15.0 Å². The van der Waals surface area contributed by atoms with Gasteiger partial charge in [-0.05, 0) is 65.2 Å². The van der Waals surface area contributed by atoms with Gasteiger partial charge in [0.05, 0.1) is 10.9 Å². The lowest BCUT2D eigenvalue weighted by molar-refractivity contribution is -0.123. The topological polar surface area (TPSA) is 120 Å². The largest absolute Gasteiger partial charge is 0.352 e. The van der Waals surface area contributed by atoms with Crippen LogP contribution >= 0.6 is 0 Å². The zero-order valence-corrected chi connectivity index (χ0v) is 20.9. The average molecular weight is 471 g/mol. The van der Waals surface area contributed by atoms with E-state index in [1.54, 1.807) is 12.1 Å². The molecular weight excluding hydrogens is 436 g/mol. The lowest BCUT2D eigenvalue weighted by atomic mass is 10.1. The summed E-state index contributed by atoms with van der Waals surface area (Å²) in [5, 5.41) is 10.3. The molecule has 10 nitrogen and oxygen atoms in total. The van der Waals surface area contributed by atoms with Crippen molar-refractivity contribution in [3.63, 3.8) is 0 Å². The van der Waals surface area contributed by atoms with E-state index in [0.717, 1.165) is 4.68 Å². The molecule has 1 aromatic carbocycles. The van der Waals surface area contributed by atoms with Gasteiger partial charge in [-0.15, -0.1) is 5.10 Å². The van der Waals surface area contributed by atoms with E-state index in [4.69, 9.17) is 0 Å². The lowest BCUT2D eigenvalue weighted by Gasteiger charge is -2.20. The molecule has 184 valence electrons. The van der Waals surface area contributed by atoms with Gasteiger partial charge in [0.25, 0.3) is 11.5 Å². The standard InChI is InChI=1S/C24H34N6O4/c1-14(2)10-11-28-21(33)17-9-8-16(20(32)25-15(3)4)12-18(17)30-22(28)27-29(23(30)34)13-19(31)26-24(5,6)7/h8-9,12,14-15H,10-11,13H2,1-7H3,(H,25,32)(H,26,31). The summed E-state index contributed by atoms with van der Waals surface area (Å²) in [6.07, 6.45) is 0.710. The summed E-state index contributed by atoms with van der Waals surface area (Å²) in [7, 11) is 0. The van der Waals surface area contributed by atoms with Crippen LogP contribution in [0.4, 0.5) is 0 Å². The molecule has 10 heteroatoms. The SMILES string of the molecule is CC(C)CCn1c(=O)c2ccc(C(=O)NC(C)C)cc2n2c(=O)n(CC(=O)NC(C)(C)C)nc12. The Labute approximate surface area is 197 Å². The Bertz CT molecular complexity index is 1350. The molecule has 34 heavy (non-hydrogen) atoms. The van der Waals surface area contributed by atoms with E-state index in [-0.39, 0.29) is 41.3 Å². The average Bonchev–Trinajstić information content (AvgIpc) is 3.01. The van der Waals surface area contributed by atoms with Gasteiger partial charge in [-0.1, -0.05) is 13.8 Å². The van der Waals surface area contributed by atoms with Crippen LogP contribution in [0.3, 0.4) is 0 Å². The molecule has 0 aliphatic heterocycles. The molecule has 3 aromatic rings. The number of nitrogens with zero attached hydrogens (tertiary/aromatic N) is 4. The summed E-state index contributed by atoms with van der Waals surface area (Å²) in [6, 6.07) is 4.59. The number of aromatic nitrogens is 4. The van der Waals surface area contributed by atoms with Gasteiger partial charge in [0.2, 0.25) is 11.7 Å². The number of hydrogen-bond acceptors (Lipinski definition) is 5. The van der Waals surface area contributed by atoms with Gasteiger partial charge >= 0.3 is 5.69 Å². The first-order valence-corrected chi connectivity index (χ1v) is 11.6. The Kier molecular flexibility index (Phi) is 6.99. The molecular formula is C24H34N6O4. The van der Waals surface area contributed by atoms with Crippen molar-refractivity contribution in [1.29, 1.82) is 0 Å². The Morgan fingerprint density at radius 3 is 2.35 bits per heavy atom. The second-order valence-electron chi connectivity index (χ2n) is 10.4. The molecule has 0 atom stereocenters. The van der Waals surface area contributed by atoms with Gasteiger partial charge in [0, 0.05) is 23.7 Å². The van der Waals surface area contributed by atoms with Crippen LogP contribution in [0.5, 0.6) is 0 Å². The van der Waals surface area contributed by atoms with Crippen molar-refractivity contribution in [2.45, 2.75) is 79.6 Å². The monoisotopic (exact) mass is 470 g/mol. The van der Waals surface area contributed by atoms with Crippen molar-refractivity contribution in [3.05, 3.63) is 44.6 Å². The first kappa shape index (κ1) is 25.2. The molecule has 0 aliphatic carbocycles. The maximum atomic E-state index is 13.4. The maximum absolute atomic E-state index is 13.4. The molecule has 2 aromatic heterocycles. The number of carbonyl (C=O) groups excluding carboxylic acids is 2. The third-order valence-corrected chi connectivity index (χ3v) is 5.20. The molecule has 0 aliphatic rings. The van der Waals surface area contributed by atoms with Gasteiger partial charge in [-0.25, -0.2) is 13.9 Å². The highest BCUT2D eigenvalue weighted by Gasteiger charge is 2.21. The van der Waals surface area contributed by atoms with E-state index in [9.17, 15) is 19.2 Å². The highest BCUT2D eigenvalue weighted by atomic mass is 16.2. The lowest BCUT2D eigenvalue weighted by Crippen LogP contribution is -2.43. The summed E-state index contributed by atoms with van der Waals surface area (Å²) in [6.45, 7) is 13.4. The summed E-state index contributed by atoms with van der Waals surface area (Å²) in [5.41, 5.74) is -0.708. The minimum atomic E-state index is -0.552. The third kappa shape index (κ3) is 5.37. The number of amides is 2. The molecule has 0 unspecified atom stereocenters. The Morgan fingerprint density at radius 2 is 1.76 bits per heavy atom. The van der Waals surface area contributed by atoms with Crippen molar-refractivity contribution in [2.75, 3.05) is 0 Å². The number of aryl methyl sites for hydroxylation is 1. The fourth-order valence-electron chi connectivity index (χ4n) is 3.69. The molecule has 2 amide bonds. The minimum Gasteiger partial charge on any atom is -0.350 e.